The lowest BCUT2D eigenvalue weighted by molar-refractivity contribution is 0.558. The third kappa shape index (κ3) is 2.96. The van der Waals surface area contributed by atoms with E-state index in [4.69, 9.17) is 0 Å². The van der Waals surface area contributed by atoms with E-state index >= 15 is 0 Å². The number of hydrogen-bond acceptors (Lipinski definition) is 4. The number of nitrogens with zero attached hydrogens (tertiary/aromatic N) is 3. The Morgan fingerprint density at radius 2 is 1.93 bits per heavy atom. The third-order valence-corrected chi connectivity index (χ3v) is 7.32. The van der Waals surface area contributed by atoms with Crippen LogP contribution in [-0.2, 0) is 10.0 Å². The first-order chi connectivity index (χ1) is 14.3. The summed E-state index contributed by atoms with van der Waals surface area (Å²) in [6, 6.07) is 11.0. The Labute approximate surface area is 175 Å². The predicted octanol–water partition coefficient (Wildman–Crippen LogP) is 4.12. The molecule has 1 saturated carbocycles. The first-order valence-electron chi connectivity index (χ1n) is 9.76. The predicted molar refractivity (Wildman–Crippen MR) is 116 cm³/mol. The van der Waals surface area contributed by atoms with Gasteiger partial charge in [0.1, 0.15) is 11.7 Å². The molecule has 2 aliphatic carbocycles. The van der Waals surface area contributed by atoms with E-state index in [0.29, 0.717) is 16.9 Å². The minimum atomic E-state index is -3.58. The number of aryl methyl sites for hydroxylation is 1. The summed E-state index contributed by atoms with van der Waals surface area (Å²) in [7, 11) is -3.58. The molecule has 0 spiro atoms. The maximum atomic E-state index is 12.7. The van der Waals surface area contributed by atoms with Gasteiger partial charge in [-0.15, -0.1) is 0 Å². The average Bonchev–Trinajstić information content (AvgIpc) is 3.30. The van der Waals surface area contributed by atoms with Gasteiger partial charge in [0.15, 0.2) is 0 Å². The summed E-state index contributed by atoms with van der Waals surface area (Å²) >= 11 is 0. The van der Waals surface area contributed by atoms with E-state index in [2.05, 4.69) is 15.8 Å². The number of aromatic nitrogens is 2. The fourth-order valence-corrected chi connectivity index (χ4v) is 5.17. The molecule has 0 aliphatic heterocycles. The first kappa shape index (κ1) is 18.8. The van der Waals surface area contributed by atoms with Crippen LogP contribution in [-0.4, -0.2) is 23.5 Å². The monoisotopic (exact) mass is 416 g/mol. The van der Waals surface area contributed by atoms with Crippen LogP contribution in [0, 0.1) is 18.3 Å². The van der Waals surface area contributed by atoms with Crippen molar-refractivity contribution in [2.24, 2.45) is 0 Å². The highest BCUT2D eigenvalue weighted by molar-refractivity contribution is 7.89. The van der Waals surface area contributed by atoms with Gasteiger partial charge >= 0.3 is 0 Å². The molecule has 0 saturated heterocycles. The zero-order valence-electron chi connectivity index (χ0n) is 16.7. The molecule has 2 heterocycles. The van der Waals surface area contributed by atoms with Crippen LogP contribution >= 0.6 is 0 Å². The van der Waals surface area contributed by atoms with Crippen LogP contribution in [0.1, 0.15) is 30.9 Å². The molecule has 5 rings (SSSR count). The lowest BCUT2D eigenvalue weighted by atomic mass is 10.1. The van der Waals surface area contributed by atoms with Gasteiger partial charge in [-0.25, -0.2) is 18.1 Å². The second kappa shape index (κ2) is 6.39. The number of nitrogens with one attached hydrogen (secondary N) is 1. The molecule has 6 nitrogen and oxygen atoms in total. The van der Waals surface area contributed by atoms with Gasteiger partial charge in [0.05, 0.1) is 16.2 Å². The van der Waals surface area contributed by atoms with Crippen molar-refractivity contribution in [1.82, 2.24) is 14.3 Å². The number of pyridine rings is 1. The fourth-order valence-electron chi connectivity index (χ4n) is 3.70. The number of sulfonamides is 1. The van der Waals surface area contributed by atoms with Crippen molar-refractivity contribution in [3.05, 3.63) is 65.9 Å². The van der Waals surface area contributed by atoms with E-state index < -0.39 is 10.0 Å². The van der Waals surface area contributed by atoms with Crippen LogP contribution in [0.25, 0.3) is 28.0 Å². The van der Waals surface area contributed by atoms with E-state index in [0.717, 1.165) is 35.1 Å². The van der Waals surface area contributed by atoms with Crippen LogP contribution in [0.2, 0.25) is 0 Å². The smallest absolute Gasteiger partial charge is 0.241 e. The number of nitriles is 1. The molecule has 0 radical (unpaired) electrons. The van der Waals surface area contributed by atoms with Crippen molar-refractivity contribution < 1.29 is 8.42 Å². The summed E-state index contributed by atoms with van der Waals surface area (Å²) in [5.74, 6) is 0. The van der Waals surface area contributed by atoms with E-state index in [1.54, 1.807) is 30.5 Å². The molecule has 150 valence electrons. The fraction of sp³-hybridized carbons (Fsp3) is 0.217. The van der Waals surface area contributed by atoms with E-state index in [9.17, 15) is 13.7 Å². The third-order valence-electron chi connectivity index (χ3n) is 5.67. The van der Waals surface area contributed by atoms with Gasteiger partial charge < -0.3 is 0 Å². The minimum Gasteiger partial charge on any atom is -0.293 e. The Kier molecular flexibility index (Phi) is 4.01. The number of fused-ring (bicyclic) bond motifs is 1. The summed E-state index contributed by atoms with van der Waals surface area (Å²) in [6.45, 7) is 3.85. The zero-order chi connectivity index (χ0) is 21.1. The molecular weight excluding hydrogens is 396 g/mol. The van der Waals surface area contributed by atoms with E-state index in [1.807, 2.05) is 42.7 Å². The van der Waals surface area contributed by atoms with Gasteiger partial charge in [-0.2, -0.15) is 5.26 Å². The molecule has 1 fully saturated rings. The first-order valence-corrected chi connectivity index (χ1v) is 11.2. The van der Waals surface area contributed by atoms with Crippen LogP contribution in [0.3, 0.4) is 0 Å². The standard InChI is InChI=1S/C23H20N4O2S/c1-15-12-19-20(13-24)21(27(17-4-3-5-17)22(19)25-14-15)16-6-8-18(9-7-16)30(28,29)26-23(2)10-11-23/h3-9,12,14,26H,10-11H2,1-2H3. The minimum absolute atomic E-state index is 0.220. The molecule has 0 atom stereocenters. The molecule has 1 N–H and O–H groups in total. The highest BCUT2D eigenvalue weighted by Gasteiger charge is 2.41. The quantitative estimate of drug-likeness (QED) is 0.678. The summed E-state index contributed by atoms with van der Waals surface area (Å²) in [6.07, 6.45) is 9.35. The lowest BCUT2D eigenvalue weighted by Gasteiger charge is -2.16. The molecule has 7 heteroatoms. The number of benzene rings is 1. The van der Waals surface area contributed by atoms with E-state index in [1.165, 1.54) is 0 Å². The summed E-state index contributed by atoms with van der Waals surface area (Å²) in [5, 5.41) is 10.7. The van der Waals surface area contributed by atoms with Crippen LogP contribution in [0.4, 0.5) is 0 Å². The second-order valence-corrected chi connectivity index (χ2v) is 9.88. The molecular formula is C23H20N4O2S. The number of hydrogen-bond donors (Lipinski definition) is 1. The van der Waals surface area contributed by atoms with Crippen LogP contribution in [0.5, 0.6) is 0 Å². The Hall–Kier alpha value is -3.21. The van der Waals surface area contributed by atoms with Crippen molar-refractivity contribution in [3.63, 3.8) is 0 Å². The van der Waals surface area contributed by atoms with Crippen molar-refractivity contribution in [1.29, 1.82) is 5.26 Å². The molecule has 2 aromatic heterocycles. The van der Waals surface area contributed by atoms with Gasteiger partial charge in [-0.3, -0.25) is 4.57 Å². The van der Waals surface area contributed by atoms with Gasteiger partial charge in [-0.1, -0.05) is 18.2 Å². The molecule has 0 unspecified atom stereocenters. The Morgan fingerprint density at radius 1 is 1.23 bits per heavy atom. The molecule has 30 heavy (non-hydrogen) atoms. The van der Waals surface area contributed by atoms with Crippen molar-refractivity contribution in [2.45, 2.75) is 37.1 Å². The van der Waals surface area contributed by atoms with Crippen LogP contribution < -0.4 is 4.72 Å². The highest BCUT2D eigenvalue weighted by atomic mass is 32.2. The highest BCUT2D eigenvalue weighted by Crippen LogP contribution is 2.38. The molecule has 2 aliphatic rings. The largest absolute Gasteiger partial charge is 0.293 e. The molecule has 1 aromatic carbocycles. The number of rotatable bonds is 5. The summed E-state index contributed by atoms with van der Waals surface area (Å²) in [5.41, 5.74) is 4.30. The van der Waals surface area contributed by atoms with Crippen LogP contribution in [0.15, 0.2) is 59.7 Å². The lowest BCUT2D eigenvalue weighted by Crippen LogP contribution is -2.34. The topological polar surface area (TPSA) is 87.8 Å². The zero-order valence-corrected chi connectivity index (χ0v) is 17.5. The van der Waals surface area contributed by atoms with Gasteiger partial charge in [-0.05, 0) is 62.6 Å². The molecule has 3 aromatic rings. The Balaban J connectivity index is 1.65. The molecule has 0 amide bonds. The maximum Gasteiger partial charge on any atom is 0.241 e. The van der Waals surface area contributed by atoms with Gasteiger partial charge in [0.2, 0.25) is 10.0 Å². The SMILES string of the molecule is Cc1cnc2c(c1)c(C#N)c(-c1ccc(S(=O)(=O)NC3(C)CC3)cc1)n2C1=CC=C1. The number of allylic oxidation sites excluding steroid dienone is 4. The van der Waals surface area contributed by atoms with Gasteiger partial charge in [0, 0.05) is 28.4 Å². The second-order valence-electron chi connectivity index (χ2n) is 8.20. The summed E-state index contributed by atoms with van der Waals surface area (Å²) in [4.78, 5) is 4.79. The Morgan fingerprint density at radius 3 is 2.50 bits per heavy atom. The maximum absolute atomic E-state index is 12.7. The molecule has 0 bridgehead atoms. The van der Waals surface area contributed by atoms with E-state index in [-0.39, 0.29) is 10.4 Å². The van der Waals surface area contributed by atoms with Crippen molar-refractivity contribution in [2.75, 3.05) is 0 Å². The average molecular weight is 417 g/mol. The summed E-state index contributed by atoms with van der Waals surface area (Å²) < 4.78 is 30.1. The Bertz CT molecular complexity index is 1400. The normalized spacial score (nSPS) is 16.8. The van der Waals surface area contributed by atoms with Gasteiger partial charge in [0.25, 0.3) is 0 Å². The van der Waals surface area contributed by atoms with Crippen molar-refractivity contribution in [3.8, 4) is 17.3 Å². The van der Waals surface area contributed by atoms with Crippen molar-refractivity contribution >= 4 is 26.8 Å².